The zero-order valence-corrected chi connectivity index (χ0v) is 21.5. The van der Waals surface area contributed by atoms with Crippen LogP contribution in [0.2, 0.25) is 0 Å². The number of likely N-dealkylation sites (tertiary alicyclic amines) is 1. The monoisotopic (exact) mass is 544 g/mol. The summed E-state index contributed by atoms with van der Waals surface area (Å²) in [5.74, 6) is -2.08. The Hall–Kier alpha value is -2.89. The largest absolute Gasteiger partial charge is 0.480 e. The molecule has 1 aromatic carbocycles. The maximum Gasteiger partial charge on any atom is 0.326 e. The number of nitrogens with two attached hydrogens (primary N) is 3. The number of aliphatic imine (C=N–C) groups is 1. The van der Waals surface area contributed by atoms with Gasteiger partial charge in [0.05, 0.1) is 17.8 Å². The van der Waals surface area contributed by atoms with Gasteiger partial charge in [0.25, 0.3) is 0 Å². The molecule has 200 valence electrons. The van der Waals surface area contributed by atoms with E-state index in [-0.39, 0.29) is 42.4 Å². The number of guanidine groups is 1. The van der Waals surface area contributed by atoms with Crippen LogP contribution >= 0.6 is 23.2 Å². The molecule has 36 heavy (non-hydrogen) atoms. The van der Waals surface area contributed by atoms with E-state index in [0.717, 1.165) is 5.56 Å². The molecule has 3 unspecified atom stereocenters. The second-order valence-electron chi connectivity index (χ2n) is 8.14. The number of benzene rings is 1. The fourth-order valence-corrected chi connectivity index (χ4v) is 3.82. The minimum atomic E-state index is -1.15. The maximum atomic E-state index is 12.8. The Balaban J connectivity index is 0.000000960. The Morgan fingerprint density at radius 3 is 2.31 bits per heavy atom. The summed E-state index contributed by atoms with van der Waals surface area (Å²) in [6.07, 6.45) is 2.06. The third-order valence-corrected chi connectivity index (χ3v) is 5.91. The van der Waals surface area contributed by atoms with Gasteiger partial charge in [0, 0.05) is 13.1 Å². The van der Waals surface area contributed by atoms with Crippen molar-refractivity contribution in [2.75, 3.05) is 24.8 Å². The minimum absolute atomic E-state index is 0.0312. The smallest absolute Gasteiger partial charge is 0.326 e. The molecule has 11 nitrogen and oxygen atoms in total. The van der Waals surface area contributed by atoms with E-state index in [0.29, 0.717) is 32.2 Å². The molecule has 2 amide bonds. The molecule has 0 saturated carbocycles. The van der Waals surface area contributed by atoms with Gasteiger partial charge in [0.15, 0.2) is 11.7 Å². The van der Waals surface area contributed by atoms with Crippen LogP contribution in [0.5, 0.6) is 0 Å². The van der Waals surface area contributed by atoms with E-state index in [1.54, 1.807) is 0 Å². The zero-order valence-electron chi connectivity index (χ0n) is 19.9. The van der Waals surface area contributed by atoms with Crippen molar-refractivity contribution in [3.05, 3.63) is 35.9 Å². The van der Waals surface area contributed by atoms with Gasteiger partial charge in [-0.25, -0.2) is 4.79 Å². The van der Waals surface area contributed by atoms with Crippen molar-refractivity contribution in [2.24, 2.45) is 22.2 Å². The van der Waals surface area contributed by atoms with Gasteiger partial charge in [-0.2, -0.15) is 0 Å². The number of ketones is 1. The molecule has 0 aliphatic carbocycles. The van der Waals surface area contributed by atoms with Gasteiger partial charge in [0.1, 0.15) is 12.1 Å². The van der Waals surface area contributed by atoms with Crippen LogP contribution in [-0.4, -0.2) is 82.5 Å². The number of amides is 2. The first kappa shape index (κ1) is 31.1. The molecule has 8 N–H and O–H groups in total. The van der Waals surface area contributed by atoms with Crippen LogP contribution in [0.1, 0.15) is 31.2 Å². The Kier molecular flexibility index (Phi) is 14.5. The van der Waals surface area contributed by atoms with Gasteiger partial charge in [-0.15, -0.1) is 23.2 Å². The summed E-state index contributed by atoms with van der Waals surface area (Å²) < 4.78 is 0. The number of rotatable bonds is 12. The summed E-state index contributed by atoms with van der Waals surface area (Å²) in [5.41, 5.74) is 17.5. The highest BCUT2D eigenvalue weighted by Gasteiger charge is 2.37. The first-order valence-corrected chi connectivity index (χ1v) is 12.5. The van der Waals surface area contributed by atoms with Crippen LogP contribution in [0.4, 0.5) is 0 Å². The van der Waals surface area contributed by atoms with E-state index in [9.17, 15) is 24.3 Å². The van der Waals surface area contributed by atoms with Gasteiger partial charge >= 0.3 is 5.97 Å². The second kappa shape index (κ2) is 16.7. The quantitative estimate of drug-likeness (QED) is 0.106. The number of hydrogen-bond acceptors (Lipinski definition) is 6. The topological polar surface area (TPSA) is 194 Å². The van der Waals surface area contributed by atoms with Crippen molar-refractivity contribution in [3.63, 3.8) is 0 Å². The molecule has 0 radical (unpaired) electrons. The van der Waals surface area contributed by atoms with Gasteiger partial charge in [-0.3, -0.25) is 19.4 Å². The number of aliphatic carboxylic acids is 1. The molecule has 0 bridgehead atoms. The van der Waals surface area contributed by atoms with E-state index in [2.05, 4.69) is 10.3 Å². The molecule has 1 aliphatic rings. The number of carbonyl (C=O) groups excluding carboxylic acids is 3. The van der Waals surface area contributed by atoms with E-state index in [1.165, 1.54) is 4.90 Å². The number of halogens is 2. The van der Waals surface area contributed by atoms with Crippen molar-refractivity contribution < 1.29 is 24.3 Å². The van der Waals surface area contributed by atoms with Crippen molar-refractivity contribution in [1.82, 2.24) is 10.2 Å². The average molecular weight is 545 g/mol. The minimum Gasteiger partial charge on any atom is -0.480 e. The number of alkyl halides is 2. The average Bonchev–Trinajstić information content (AvgIpc) is 3.35. The van der Waals surface area contributed by atoms with Crippen molar-refractivity contribution in [1.29, 1.82) is 0 Å². The number of nitrogens with zero attached hydrogens (tertiary/aromatic N) is 2. The highest BCUT2D eigenvalue weighted by Crippen LogP contribution is 2.19. The number of Topliss-reactive ketones (excluding diaryl/α,β-unsaturated/α-hetero) is 1. The number of hydrogen-bond donors (Lipinski definition) is 5. The number of carboxylic acids is 1. The van der Waals surface area contributed by atoms with Crippen LogP contribution in [0.25, 0.3) is 0 Å². The predicted molar refractivity (Wildman–Crippen MR) is 139 cm³/mol. The summed E-state index contributed by atoms with van der Waals surface area (Å²) in [5, 5.41) is 11.9. The highest BCUT2D eigenvalue weighted by molar-refractivity contribution is 6.35. The molecule has 1 saturated heterocycles. The molecule has 1 aliphatic heterocycles. The molecule has 1 aromatic rings. The maximum absolute atomic E-state index is 12.8. The fraction of sp³-hybridized carbons (Fsp3) is 0.522. The summed E-state index contributed by atoms with van der Waals surface area (Å²) in [4.78, 5) is 52.2. The Morgan fingerprint density at radius 1 is 1.14 bits per heavy atom. The number of carboxylic acid groups (broad SMARTS) is 1. The normalized spacial score (nSPS) is 16.2. The van der Waals surface area contributed by atoms with Crippen LogP contribution < -0.4 is 22.5 Å². The molecule has 1 heterocycles. The van der Waals surface area contributed by atoms with E-state index in [1.807, 2.05) is 30.3 Å². The van der Waals surface area contributed by atoms with Crippen molar-refractivity contribution in [2.45, 2.75) is 50.2 Å². The third kappa shape index (κ3) is 11.2. The van der Waals surface area contributed by atoms with Gasteiger partial charge in [-0.05, 0) is 37.7 Å². The molecule has 0 aromatic heterocycles. The van der Waals surface area contributed by atoms with Crippen LogP contribution in [0.15, 0.2) is 35.3 Å². The molecule has 2 rings (SSSR count). The first-order valence-electron chi connectivity index (χ1n) is 11.4. The van der Waals surface area contributed by atoms with Crippen molar-refractivity contribution >= 4 is 52.7 Å². The molecule has 1 fully saturated rings. The molecule has 0 spiro atoms. The Labute approximate surface area is 220 Å². The summed E-state index contributed by atoms with van der Waals surface area (Å²) in [6.45, 7) is 0.687. The van der Waals surface area contributed by atoms with E-state index < -0.39 is 30.0 Å². The lowest BCUT2D eigenvalue weighted by atomic mass is 10.0. The van der Waals surface area contributed by atoms with Crippen LogP contribution in [0.3, 0.4) is 0 Å². The van der Waals surface area contributed by atoms with E-state index >= 15 is 0 Å². The third-order valence-electron chi connectivity index (χ3n) is 5.31. The summed E-state index contributed by atoms with van der Waals surface area (Å²) in [7, 11) is 0. The summed E-state index contributed by atoms with van der Waals surface area (Å²) in [6, 6.07) is 6.84. The van der Waals surface area contributed by atoms with Gasteiger partial charge in [-0.1, -0.05) is 30.3 Å². The van der Waals surface area contributed by atoms with Gasteiger partial charge in [0.2, 0.25) is 11.8 Å². The fourth-order valence-electron chi connectivity index (χ4n) is 3.54. The SMILES string of the molecule is NC(N)=NCCCC(NC(=O)C1CCCN1C(=O)C(N)Cc1ccccc1)C(=O)O.O=C(CCl)CCl. The number of carbonyl (C=O) groups is 4. The standard InChI is InChI=1S/C20H30N6O4.C3H4Cl2O/c21-14(12-13-6-2-1-3-7-13)18(28)26-11-5-9-16(26)17(27)25-15(19(29)30)8-4-10-24-20(22)23;4-1-3(6)2-5/h1-3,6-7,14-16H,4-5,8-12,21H2,(H,25,27)(H,29,30)(H4,22,23,24);1-2H2. The highest BCUT2D eigenvalue weighted by atomic mass is 35.5. The van der Waals surface area contributed by atoms with E-state index in [4.69, 9.17) is 40.4 Å². The summed E-state index contributed by atoms with van der Waals surface area (Å²) >= 11 is 10.0. The van der Waals surface area contributed by atoms with Crippen molar-refractivity contribution in [3.8, 4) is 0 Å². The molecular weight excluding hydrogens is 511 g/mol. The zero-order chi connectivity index (χ0) is 27.1. The molecule has 13 heteroatoms. The lowest BCUT2D eigenvalue weighted by Crippen LogP contribution is -2.54. The predicted octanol–water partition coefficient (Wildman–Crippen LogP) is 0.204. The van der Waals surface area contributed by atoms with Gasteiger partial charge < -0.3 is 32.5 Å². The molecule has 3 atom stereocenters. The lowest BCUT2D eigenvalue weighted by Gasteiger charge is -2.27. The Morgan fingerprint density at radius 2 is 1.78 bits per heavy atom. The van der Waals surface area contributed by atoms with Crippen LogP contribution in [-0.2, 0) is 25.6 Å². The Bertz CT molecular complexity index is 892. The first-order chi connectivity index (χ1) is 17.1. The molecular formula is C23H34Cl2N6O5. The second-order valence-corrected chi connectivity index (χ2v) is 8.67. The van der Waals surface area contributed by atoms with Crippen LogP contribution in [0, 0.1) is 0 Å². The lowest BCUT2D eigenvalue weighted by molar-refractivity contribution is -0.144. The number of nitrogens with one attached hydrogen (secondary N) is 1.